The van der Waals surface area contributed by atoms with Gasteiger partial charge in [0.25, 0.3) is 0 Å². The Kier molecular flexibility index (Phi) is 14.7. The second-order valence-electron chi connectivity index (χ2n) is 21.3. The van der Waals surface area contributed by atoms with E-state index in [9.17, 15) is 56.2 Å². The van der Waals surface area contributed by atoms with E-state index < -0.39 is 128 Å². The molecule has 0 aromatic rings. The Morgan fingerprint density at radius 1 is 0.677 bits per heavy atom. The van der Waals surface area contributed by atoms with Crippen LogP contribution >= 0.6 is 0 Å². The van der Waals surface area contributed by atoms with Gasteiger partial charge in [-0.15, -0.1) is 0 Å². The molecule has 4 heterocycles. The van der Waals surface area contributed by atoms with E-state index in [-0.39, 0.29) is 60.1 Å². The van der Waals surface area contributed by atoms with Gasteiger partial charge in [0.1, 0.15) is 61.0 Å². The Bertz CT molecular complexity index is 1660. The Hall–Kier alpha value is -1.02. The molecule has 4 aliphatic carbocycles. The van der Waals surface area contributed by atoms with Crippen molar-refractivity contribution in [3.63, 3.8) is 0 Å². The number of ether oxygens (including phenoxy) is 8. The fourth-order valence-electron chi connectivity index (χ4n) is 14.3. The van der Waals surface area contributed by atoms with Crippen molar-refractivity contribution in [1.29, 1.82) is 0 Å². The van der Waals surface area contributed by atoms with Gasteiger partial charge >= 0.3 is 0 Å². The summed E-state index contributed by atoms with van der Waals surface area (Å²) in [6.45, 7) is 13.4. The highest BCUT2D eigenvalue weighted by Gasteiger charge is 2.70. The van der Waals surface area contributed by atoms with Gasteiger partial charge in [-0.25, -0.2) is 0 Å². The predicted molar refractivity (Wildman–Crippen MR) is 224 cm³/mol. The average molecular weight is 933 g/mol. The molecule has 0 spiro atoms. The lowest BCUT2D eigenvalue weighted by Gasteiger charge is -2.64. The molecule has 4 aliphatic heterocycles. The summed E-state index contributed by atoms with van der Waals surface area (Å²) in [7, 11) is 1.66. The number of hydrogen-bond donors (Lipinski definition) is 11. The molecule has 8 fully saturated rings. The molecule has 0 aromatic heterocycles. The van der Waals surface area contributed by atoms with Crippen LogP contribution in [0.1, 0.15) is 86.0 Å². The third-order valence-electron chi connectivity index (χ3n) is 18.1. The average Bonchev–Trinajstić information content (AvgIpc) is 3.74. The van der Waals surface area contributed by atoms with Crippen molar-refractivity contribution < 1.29 is 94.1 Å². The monoisotopic (exact) mass is 932 g/mol. The highest BCUT2D eigenvalue weighted by atomic mass is 16.8. The summed E-state index contributed by atoms with van der Waals surface area (Å²) in [4.78, 5) is 0. The minimum Gasteiger partial charge on any atom is -0.394 e. The van der Waals surface area contributed by atoms with Crippen LogP contribution in [0.25, 0.3) is 0 Å². The molecular formula is C46H76O19. The van der Waals surface area contributed by atoms with Crippen LogP contribution < -0.4 is 0 Å². The lowest BCUT2D eigenvalue weighted by Crippen LogP contribution is -2.67. The van der Waals surface area contributed by atoms with E-state index in [1.807, 2.05) is 0 Å². The van der Waals surface area contributed by atoms with Crippen molar-refractivity contribution in [1.82, 2.24) is 0 Å². The number of aliphatic hydroxyl groups excluding tert-OH is 11. The molecule has 8 rings (SSSR count). The van der Waals surface area contributed by atoms with E-state index in [1.54, 1.807) is 14.0 Å². The largest absolute Gasteiger partial charge is 0.394 e. The zero-order valence-electron chi connectivity index (χ0n) is 38.4. The van der Waals surface area contributed by atoms with Gasteiger partial charge in [0.2, 0.25) is 0 Å². The minimum atomic E-state index is -1.69. The Labute approximate surface area is 380 Å². The maximum Gasteiger partial charge on any atom is 0.187 e. The first-order chi connectivity index (χ1) is 30.6. The summed E-state index contributed by atoms with van der Waals surface area (Å²) in [6, 6.07) is 0. The van der Waals surface area contributed by atoms with Gasteiger partial charge in [-0.1, -0.05) is 32.9 Å². The molecule has 0 bridgehead atoms. The van der Waals surface area contributed by atoms with Crippen LogP contribution in [-0.2, 0) is 37.9 Å². The molecule has 0 aromatic carbocycles. The quantitative estimate of drug-likeness (QED) is 0.102. The van der Waals surface area contributed by atoms with Gasteiger partial charge in [-0.3, -0.25) is 0 Å². The van der Waals surface area contributed by atoms with Crippen molar-refractivity contribution in [3.05, 3.63) is 12.2 Å². The molecular weight excluding hydrogens is 856 g/mol. The van der Waals surface area contributed by atoms with E-state index in [0.717, 1.165) is 25.7 Å². The van der Waals surface area contributed by atoms with Crippen LogP contribution in [-0.4, -0.2) is 199 Å². The van der Waals surface area contributed by atoms with Crippen LogP contribution in [0.5, 0.6) is 0 Å². The standard InChI is InChI=1S/C46H76O19/c1-18(17-59-41-38(56)36(54)34(52)28(16-47)62-41)10-13-46(58-7)19(2)30-27(65-46)14-25-22-8-9-24-33(51)26(48)15-29(45(24,6)23(22)11-12-44(25,30)5)63-43-40(37(55)32(50)21(4)61-43)64-42-39(57)35(53)31(49)20(3)60-42/h19-43,47-57H,1,8-17H2,2-7H3/t19-,20-,21+,22+,23-,24-,25-,26+,27-,28+,29+,30-,31-,32-,33-,34+,35+,36-,37-,38+,39+,40+,41+,42-,43-,44-,45+,46+/m0/s1. The number of rotatable bonds is 12. The molecule has 19 heteroatoms. The maximum atomic E-state index is 11.7. The van der Waals surface area contributed by atoms with Crippen LogP contribution in [0, 0.1) is 46.3 Å². The van der Waals surface area contributed by atoms with Crippen LogP contribution in [0.4, 0.5) is 0 Å². The number of methoxy groups -OCH3 is 1. The topological polar surface area (TPSA) is 296 Å². The van der Waals surface area contributed by atoms with Crippen molar-refractivity contribution in [2.24, 2.45) is 46.3 Å². The molecule has 0 unspecified atom stereocenters. The van der Waals surface area contributed by atoms with E-state index in [2.05, 4.69) is 27.4 Å². The second kappa shape index (κ2) is 19.0. The SMILES string of the molecule is C=C(CC[C@@]1(OC)O[C@H]2C[C@H]3[C@@H]4CC[C@H]5[C@H](O)[C@H](O)C[C@@H](O[C@@H]6O[C@H](C)[C@H](O)[C@H](O)[C@H]6O[C@@H]6O[C@@H](C)[C@H](O)[C@@H](O)[C@H]6O)[C@]5(C)[C@H]4CC[C@]3(C)[C@H]2[C@@H]1C)CO[C@@H]1O[C@H](CO)[C@@H](O)[C@H](O)[C@H]1O. The van der Waals surface area contributed by atoms with E-state index in [1.165, 1.54) is 6.92 Å². The van der Waals surface area contributed by atoms with Crippen LogP contribution in [0.2, 0.25) is 0 Å². The van der Waals surface area contributed by atoms with Crippen LogP contribution in [0.15, 0.2) is 12.2 Å². The molecule has 0 radical (unpaired) electrons. The van der Waals surface area contributed by atoms with Crippen molar-refractivity contribution in [2.75, 3.05) is 20.3 Å². The molecule has 4 saturated heterocycles. The fourth-order valence-corrected chi connectivity index (χ4v) is 14.3. The molecule has 28 atom stereocenters. The molecule has 374 valence electrons. The zero-order valence-corrected chi connectivity index (χ0v) is 38.4. The third kappa shape index (κ3) is 8.40. The zero-order chi connectivity index (χ0) is 47.2. The van der Waals surface area contributed by atoms with E-state index in [0.29, 0.717) is 24.8 Å². The Balaban J connectivity index is 0.966. The van der Waals surface area contributed by atoms with Gasteiger partial charge in [0, 0.05) is 31.3 Å². The van der Waals surface area contributed by atoms with Gasteiger partial charge in [0.05, 0.1) is 49.8 Å². The van der Waals surface area contributed by atoms with Gasteiger partial charge in [0.15, 0.2) is 24.7 Å². The minimum absolute atomic E-state index is 0.000973. The maximum absolute atomic E-state index is 11.7. The summed E-state index contributed by atoms with van der Waals surface area (Å²) in [5.41, 5.74) is -0.102. The summed E-state index contributed by atoms with van der Waals surface area (Å²) in [5.74, 6) is -0.490. The van der Waals surface area contributed by atoms with E-state index >= 15 is 0 Å². The summed E-state index contributed by atoms with van der Waals surface area (Å²) < 4.78 is 49.4. The molecule has 0 amide bonds. The third-order valence-corrected chi connectivity index (χ3v) is 18.1. The first-order valence-corrected chi connectivity index (χ1v) is 23.8. The lowest BCUT2D eigenvalue weighted by atomic mass is 9.43. The predicted octanol–water partition coefficient (Wildman–Crippen LogP) is -1.21. The summed E-state index contributed by atoms with van der Waals surface area (Å²) in [5, 5.41) is 117. The second-order valence-corrected chi connectivity index (χ2v) is 21.3. The van der Waals surface area contributed by atoms with Crippen LogP contribution in [0.3, 0.4) is 0 Å². The Morgan fingerprint density at radius 2 is 1.32 bits per heavy atom. The smallest absolute Gasteiger partial charge is 0.187 e. The molecule has 4 saturated carbocycles. The van der Waals surface area contributed by atoms with Crippen molar-refractivity contribution in [2.45, 2.75) is 208 Å². The van der Waals surface area contributed by atoms with Gasteiger partial charge in [-0.05, 0) is 87.4 Å². The number of hydrogen-bond acceptors (Lipinski definition) is 19. The van der Waals surface area contributed by atoms with E-state index in [4.69, 9.17) is 37.9 Å². The fraction of sp³-hybridized carbons (Fsp3) is 0.957. The first kappa shape index (κ1) is 50.4. The molecule has 19 nitrogen and oxygen atoms in total. The molecule has 65 heavy (non-hydrogen) atoms. The van der Waals surface area contributed by atoms with Gasteiger partial charge in [-0.2, -0.15) is 0 Å². The van der Waals surface area contributed by atoms with Crippen molar-refractivity contribution >= 4 is 0 Å². The molecule has 11 N–H and O–H groups in total. The lowest BCUT2D eigenvalue weighted by molar-refractivity contribution is -0.377. The highest BCUT2D eigenvalue weighted by Crippen LogP contribution is 2.71. The number of aliphatic hydroxyl groups is 11. The summed E-state index contributed by atoms with van der Waals surface area (Å²) in [6.07, 6.45) is -18.4. The van der Waals surface area contributed by atoms with Gasteiger partial charge < -0.3 is 94.1 Å². The first-order valence-electron chi connectivity index (χ1n) is 23.8. The van der Waals surface area contributed by atoms with Crippen molar-refractivity contribution in [3.8, 4) is 0 Å². The normalized spacial score (nSPS) is 56.7. The highest BCUT2D eigenvalue weighted by molar-refractivity contribution is 5.18. The Morgan fingerprint density at radius 3 is 2.00 bits per heavy atom. The molecule has 8 aliphatic rings. The summed E-state index contributed by atoms with van der Waals surface area (Å²) >= 11 is 0. The number of fused-ring (bicyclic) bond motifs is 7.